The van der Waals surface area contributed by atoms with Crippen molar-refractivity contribution >= 4 is 45.9 Å². The average molecular weight is 743 g/mol. The van der Waals surface area contributed by atoms with Gasteiger partial charge < -0.3 is 13.7 Å². The summed E-state index contributed by atoms with van der Waals surface area (Å²) < 4.78 is 111. The van der Waals surface area contributed by atoms with Gasteiger partial charge in [-0.15, -0.1) is 11.8 Å². The maximum absolute atomic E-state index is 15.0. The molecule has 0 fully saturated rings. The summed E-state index contributed by atoms with van der Waals surface area (Å²) in [6.45, 7) is 3.69. The maximum Gasteiger partial charge on any atom is 0.417 e. The smallest absolute Gasteiger partial charge is 0.417 e. The number of anilines is 1. The largest absolute Gasteiger partial charge is 0.443 e. The summed E-state index contributed by atoms with van der Waals surface area (Å²) in [7, 11) is 1.59. The molecule has 0 N–H and O–H groups in total. The van der Waals surface area contributed by atoms with E-state index in [4.69, 9.17) is 4.74 Å². The molecule has 0 saturated heterocycles. The van der Waals surface area contributed by atoms with Crippen molar-refractivity contribution in [3.8, 4) is 11.1 Å². The Morgan fingerprint density at radius 2 is 1.52 bits per heavy atom. The van der Waals surface area contributed by atoms with E-state index in [1.807, 2.05) is 0 Å². The number of halogens is 7. The van der Waals surface area contributed by atoms with E-state index < -0.39 is 69.5 Å². The molecule has 0 saturated carbocycles. The monoisotopic (exact) mass is 742 g/mol. The van der Waals surface area contributed by atoms with Crippen LogP contribution < -0.4 is 4.90 Å². The Morgan fingerprint density at radius 3 is 2.12 bits per heavy atom. The first-order valence-corrected chi connectivity index (χ1v) is 16.8. The summed E-state index contributed by atoms with van der Waals surface area (Å²) in [5.41, 5.74) is -1.77. The van der Waals surface area contributed by atoms with Gasteiger partial charge in [0.1, 0.15) is 5.60 Å². The molecule has 3 aromatic carbocycles. The average Bonchev–Trinajstić information content (AvgIpc) is 3.69. The van der Waals surface area contributed by atoms with Crippen LogP contribution in [0.4, 0.5) is 41.2 Å². The van der Waals surface area contributed by atoms with Gasteiger partial charge >= 0.3 is 12.3 Å². The Morgan fingerprint density at radius 1 is 0.865 bits per heavy atom. The van der Waals surface area contributed by atoms with Crippen molar-refractivity contribution in [1.29, 1.82) is 0 Å². The number of alkyl halides is 3. The predicted molar refractivity (Wildman–Crippen MR) is 182 cm³/mol. The molecule has 0 atom stereocenters. The van der Waals surface area contributed by atoms with E-state index in [0.29, 0.717) is 28.3 Å². The van der Waals surface area contributed by atoms with Crippen molar-refractivity contribution in [3.63, 3.8) is 0 Å². The van der Waals surface area contributed by atoms with Crippen LogP contribution in [0.3, 0.4) is 0 Å². The molecule has 0 aliphatic rings. The number of rotatable bonds is 7. The first kappa shape index (κ1) is 36.5. The Kier molecular flexibility index (Phi) is 9.36. The summed E-state index contributed by atoms with van der Waals surface area (Å²) in [6.07, 6.45) is -1.59. The van der Waals surface area contributed by atoms with Crippen molar-refractivity contribution in [3.05, 3.63) is 119 Å². The number of ketones is 1. The van der Waals surface area contributed by atoms with E-state index in [0.717, 1.165) is 11.0 Å². The van der Waals surface area contributed by atoms with Gasteiger partial charge in [0.15, 0.2) is 23.3 Å². The number of aromatic nitrogens is 3. The highest BCUT2D eigenvalue weighted by Gasteiger charge is 2.35. The van der Waals surface area contributed by atoms with Crippen LogP contribution in [0.15, 0.2) is 78.1 Å². The Bertz CT molecular complexity index is 2350. The molecule has 6 rings (SSSR count). The minimum absolute atomic E-state index is 0.0220. The molecule has 270 valence electrons. The molecule has 0 unspecified atom stereocenters. The second-order valence-electron chi connectivity index (χ2n) is 12.8. The number of hydrogen-bond donors (Lipinski definition) is 0. The van der Waals surface area contributed by atoms with Gasteiger partial charge in [0, 0.05) is 35.6 Å². The molecule has 0 radical (unpaired) electrons. The summed E-state index contributed by atoms with van der Waals surface area (Å²) in [4.78, 5) is 31.2. The van der Waals surface area contributed by atoms with Crippen LogP contribution in [0.1, 0.15) is 48.0 Å². The summed E-state index contributed by atoms with van der Waals surface area (Å²) in [5, 5.41) is 0. The second kappa shape index (κ2) is 13.3. The Hall–Kier alpha value is -5.31. The molecule has 0 spiro atoms. The zero-order valence-electron chi connectivity index (χ0n) is 28.2. The number of thioether (sulfide) groups is 1. The lowest BCUT2D eigenvalue weighted by Crippen LogP contribution is -2.37. The summed E-state index contributed by atoms with van der Waals surface area (Å²) in [5.74, 6) is -7.12. The minimum Gasteiger partial charge on any atom is -0.443 e. The standard InChI is InChI=1S/C37H29F7N4O3S/c1-36(2,3)51-35(50)48(17-23-29(38)31(40)34(52-5)32(41)30(23)39)20-10-8-19(9-11-20)33(49)27-13-12-26-21(7-6-14-47(26)27)22-15-25-28(46(4)18-45-25)16-24(22)37(42,43)44/h6-16,18H,17H2,1-5H3. The SMILES string of the molecule is CSc1c(F)c(F)c(CN(C(=O)OC(C)(C)C)c2ccc(C(=O)c3ccc4c(-c5cc6ncn(C)c6cc5C(F)(F)F)cccn34)cc2)c(F)c1F. The van der Waals surface area contributed by atoms with Gasteiger partial charge in [-0.2, -0.15) is 13.2 Å². The number of pyridine rings is 1. The summed E-state index contributed by atoms with van der Waals surface area (Å²) >= 11 is 0.477. The highest BCUT2D eigenvalue weighted by atomic mass is 32.2. The molecule has 6 aromatic rings. The number of carbonyl (C=O) groups is 2. The van der Waals surface area contributed by atoms with E-state index in [9.17, 15) is 31.5 Å². The normalized spacial score (nSPS) is 12.2. The predicted octanol–water partition coefficient (Wildman–Crippen LogP) is 9.96. The number of benzene rings is 3. The van der Waals surface area contributed by atoms with Crippen LogP contribution >= 0.6 is 11.8 Å². The minimum atomic E-state index is -4.70. The van der Waals surface area contributed by atoms with Gasteiger partial charge in [-0.1, -0.05) is 6.07 Å². The number of carbonyl (C=O) groups excluding carboxylic acids is 2. The Labute approximate surface area is 296 Å². The van der Waals surface area contributed by atoms with Gasteiger partial charge in [-0.25, -0.2) is 27.3 Å². The molecular formula is C37H29F7N4O3S. The molecule has 0 aliphatic carbocycles. The number of nitrogens with zero attached hydrogens (tertiary/aromatic N) is 4. The number of hydrogen-bond acceptors (Lipinski definition) is 5. The number of fused-ring (bicyclic) bond motifs is 2. The van der Waals surface area contributed by atoms with Gasteiger partial charge in [-0.3, -0.25) is 9.69 Å². The molecule has 7 nitrogen and oxygen atoms in total. The zero-order chi connectivity index (χ0) is 37.9. The molecule has 3 aromatic heterocycles. The van der Waals surface area contributed by atoms with Crippen molar-refractivity contribution in [2.24, 2.45) is 7.05 Å². The molecular weight excluding hydrogens is 713 g/mol. The van der Waals surface area contributed by atoms with Gasteiger partial charge in [0.2, 0.25) is 5.78 Å². The van der Waals surface area contributed by atoms with Crippen LogP contribution in [0.5, 0.6) is 0 Å². The van der Waals surface area contributed by atoms with E-state index in [1.165, 1.54) is 82.3 Å². The highest BCUT2D eigenvalue weighted by molar-refractivity contribution is 7.98. The van der Waals surface area contributed by atoms with Crippen molar-refractivity contribution < 1.29 is 45.1 Å². The summed E-state index contributed by atoms with van der Waals surface area (Å²) in [6, 6.07) is 13.6. The van der Waals surface area contributed by atoms with Crippen LogP contribution in [0.25, 0.3) is 27.7 Å². The van der Waals surface area contributed by atoms with E-state index in [-0.39, 0.29) is 28.1 Å². The van der Waals surface area contributed by atoms with Crippen molar-refractivity contribution in [1.82, 2.24) is 14.0 Å². The second-order valence-corrected chi connectivity index (χ2v) is 13.7. The molecule has 0 bridgehead atoms. The van der Waals surface area contributed by atoms with Gasteiger partial charge in [0.25, 0.3) is 0 Å². The van der Waals surface area contributed by atoms with Gasteiger partial charge in [0.05, 0.1) is 45.6 Å². The lowest BCUT2D eigenvalue weighted by Gasteiger charge is -2.28. The lowest BCUT2D eigenvalue weighted by atomic mass is 9.98. The molecule has 0 aliphatic heterocycles. The highest BCUT2D eigenvalue weighted by Crippen LogP contribution is 2.41. The Balaban J connectivity index is 1.37. The topological polar surface area (TPSA) is 68.8 Å². The van der Waals surface area contributed by atoms with Gasteiger partial charge in [-0.05, 0) is 87.2 Å². The van der Waals surface area contributed by atoms with E-state index in [2.05, 4.69) is 4.98 Å². The number of aryl methyl sites for hydroxylation is 1. The quantitative estimate of drug-likeness (QED) is 0.0705. The van der Waals surface area contributed by atoms with E-state index in [1.54, 1.807) is 27.8 Å². The number of ether oxygens (including phenoxy) is 1. The first-order chi connectivity index (χ1) is 24.4. The lowest BCUT2D eigenvalue weighted by molar-refractivity contribution is -0.137. The third kappa shape index (κ3) is 6.60. The van der Waals surface area contributed by atoms with E-state index >= 15 is 8.78 Å². The van der Waals surface area contributed by atoms with Crippen LogP contribution in [-0.4, -0.2) is 37.7 Å². The molecule has 15 heteroatoms. The fraction of sp³-hybridized carbons (Fsp3) is 0.216. The molecule has 1 amide bonds. The fourth-order valence-electron chi connectivity index (χ4n) is 5.84. The first-order valence-electron chi connectivity index (χ1n) is 15.6. The number of imidazole rings is 1. The third-order valence-electron chi connectivity index (χ3n) is 8.27. The maximum atomic E-state index is 15.0. The van der Waals surface area contributed by atoms with Crippen LogP contribution in [0.2, 0.25) is 0 Å². The third-order valence-corrected chi connectivity index (χ3v) is 9.04. The number of amides is 1. The zero-order valence-corrected chi connectivity index (χ0v) is 29.0. The fourth-order valence-corrected chi connectivity index (χ4v) is 6.37. The molecule has 52 heavy (non-hydrogen) atoms. The van der Waals surface area contributed by atoms with Crippen LogP contribution in [-0.2, 0) is 24.5 Å². The molecule has 3 heterocycles. The van der Waals surface area contributed by atoms with Crippen molar-refractivity contribution in [2.75, 3.05) is 11.2 Å². The van der Waals surface area contributed by atoms with Crippen LogP contribution in [0, 0.1) is 23.3 Å². The van der Waals surface area contributed by atoms with Crippen molar-refractivity contribution in [2.45, 2.75) is 44.0 Å².